The van der Waals surface area contributed by atoms with Gasteiger partial charge in [0.05, 0.1) is 0 Å². The van der Waals surface area contributed by atoms with Crippen molar-refractivity contribution in [3.8, 4) is 11.5 Å². The third kappa shape index (κ3) is 4.33. The minimum Gasteiger partial charge on any atom is -0.457 e. The lowest BCUT2D eigenvalue weighted by atomic mass is 9.97. The molecule has 4 rings (SSSR count). The molecule has 0 aromatic heterocycles. The Labute approximate surface area is 173 Å². The highest BCUT2D eigenvalue weighted by atomic mass is 19.1. The lowest BCUT2D eigenvalue weighted by Crippen LogP contribution is -2.06. The maximum absolute atomic E-state index is 13.1. The van der Waals surface area contributed by atoms with E-state index in [0.717, 1.165) is 0 Å². The summed E-state index contributed by atoms with van der Waals surface area (Å²) in [4.78, 5) is 25.5. The molecule has 0 saturated heterocycles. The van der Waals surface area contributed by atoms with E-state index in [0.29, 0.717) is 33.8 Å². The van der Waals surface area contributed by atoms with Crippen molar-refractivity contribution in [3.63, 3.8) is 0 Å². The molecule has 0 N–H and O–H groups in total. The fraction of sp³-hybridized carbons (Fsp3) is 0. The van der Waals surface area contributed by atoms with Crippen LogP contribution in [0.4, 0.5) is 4.39 Å². The minimum absolute atomic E-state index is 0.199. The van der Waals surface area contributed by atoms with Gasteiger partial charge in [0.15, 0.2) is 11.6 Å². The number of ketones is 2. The summed E-state index contributed by atoms with van der Waals surface area (Å²) >= 11 is 0. The number of halogens is 1. The summed E-state index contributed by atoms with van der Waals surface area (Å²) in [5.41, 5.74) is 1.63. The zero-order chi connectivity index (χ0) is 20.9. The minimum atomic E-state index is -0.407. The van der Waals surface area contributed by atoms with Crippen LogP contribution in [0.15, 0.2) is 103 Å². The van der Waals surface area contributed by atoms with Crippen molar-refractivity contribution in [2.45, 2.75) is 0 Å². The normalized spacial score (nSPS) is 10.4. The van der Waals surface area contributed by atoms with Crippen LogP contribution in [0.2, 0.25) is 0 Å². The van der Waals surface area contributed by atoms with Crippen molar-refractivity contribution >= 4 is 11.6 Å². The summed E-state index contributed by atoms with van der Waals surface area (Å²) in [6.07, 6.45) is 0. The van der Waals surface area contributed by atoms with Crippen molar-refractivity contribution in [3.05, 3.63) is 131 Å². The molecule has 30 heavy (non-hydrogen) atoms. The molecule has 0 amide bonds. The highest BCUT2D eigenvalue weighted by molar-refractivity contribution is 6.13. The van der Waals surface area contributed by atoms with Gasteiger partial charge >= 0.3 is 0 Å². The average molecular weight is 396 g/mol. The second-order valence-electron chi connectivity index (χ2n) is 6.69. The Morgan fingerprint density at radius 2 is 1.03 bits per heavy atom. The first-order valence-electron chi connectivity index (χ1n) is 9.38. The summed E-state index contributed by atoms with van der Waals surface area (Å²) in [6.45, 7) is 0. The highest BCUT2D eigenvalue weighted by Crippen LogP contribution is 2.22. The van der Waals surface area contributed by atoms with Crippen LogP contribution in [0, 0.1) is 5.82 Å². The molecule has 0 aliphatic carbocycles. The Balaban J connectivity index is 1.52. The fourth-order valence-electron chi connectivity index (χ4n) is 3.04. The predicted molar refractivity (Wildman–Crippen MR) is 113 cm³/mol. The van der Waals surface area contributed by atoms with E-state index in [4.69, 9.17) is 4.74 Å². The fourth-order valence-corrected chi connectivity index (χ4v) is 3.04. The molecular formula is C26H17FO3. The highest BCUT2D eigenvalue weighted by Gasteiger charge is 2.14. The van der Waals surface area contributed by atoms with Crippen LogP contribution in [-0.4, -0.2) is 11.6 Å². The SMILES string of the molecule is O=C(c1ccc(F)cc1)c1cccc(C(=O)c2ccc(Oc3ccccc3)cc2)c1. The van der Waals surface area contributed by atoms with Gasteiger partial charge in [0.25, 0.3) is 0 Å². The second-order valence-corrected chi connectivity index (χ2v) is 6.69. The topological polar surface area (TPSA) is 43.4 Å². The van der Waals surface area contributed by atoms with E-state index in [-0.39, 0.29) is 11.6 Å². The van der Waals surface area contributed by atoms with Crippen molar-refractivity contribution < 1.29 is 18.7 Å². The van der Waals surface area contributed by atoms with E-state index >= 15 is 0 Å². The summed E-state index contributed by atoms with van der Waals surface area (Å²) < 4.78 is 18.8. The van der Waals surface area contributed by atoms with E-state index in [1.165, 1.54) is 24.3 Å². The van der Waals surface area contributed by atoms with Crippen molar-refractivity contribution in [2.75, 3.05) is 0 Å². The van der Waals surface area contributed by atoms with Crippen LogP contribution in [0.3, 0.4) is 0 Å². The van der Waals surface area contributed by atoms with Crippen LogP contribution in [0.5, 0.6) is 11.5 Å². The molecule has 0 aliphatic heterocycles. The molecule has 4 aromatic rings. The Hall–Kier alpha value is -4.05. The van der Waals surface area contributed by atoms with E-state index in [1.807, 2.05) is 30.3 Å². The maximum atomic E-state index is 13.1. The van der Waals surface area contributed by atoms with Gasteiger partial charge < -0.3 is 4.74 Å². The Kier molecular flexibility index (Phi) is 5.48. The van der Waals surface area contributed by atoms with Gasteiger partial charge in [-0.1, -0.05) is 36.4 Å². The molecule has 3 nitrogen and oxygen atoms in total. The largest absolute Gasteiger partial charge is 0.457 e. The summed E-state index contributed by atoms with van der Waals surface area (Å²) in [5.74, 6) is 0.461. The standard InChI is InChI=1S/C26H17FO3/c27-22-13-9-18(10-14-22)25(28)20-5-4-6-21(17-20)26(29)19-11-15-24(16-12-19)30-23-7-2-1-3-8-23/h1-17H. The van der Waals surface area contributed by atoms with Crippen LogP contribution in [0.1, 0.15) is 31.8 Å². The van der Waals surface area contributed by atoms with Gasteiger partial charge in [0.2, 0.25) is 0 Å². The first-order valence-corrected chi connectivity index (χ1v) is 9.38. The summed E-state index contributed by atoms with van der Waals surface area (Å²) in [6, 6.07) is 28.1. The first kappa shape index (κ1) is 19.3. The molecule has 4 heteroatoms. The van der Waals surface area contributed by atoms with Gasteiger partial charge in [-0.25, -0.2) is 4.39 Å². The molecular weight excluding hydrogens is 379 g/mol. The maximum Gasteiger partial charge on any atom is 0.193 e. The Morgan fingerprint density at radius 3 is 1.60 bits per heavy atom. The number of hydrogen-bond donors (Lipinski definition) is 0. The van der Waals surface area contributed by atoms with Crippen LogP contribution in [0.25, 0.3) is 0 Å². The number of carbonyl (C=O) groups excluding carboxylic acids is 2. The molecule has 0 atom stereocenters. The average Bonchev–Trinajstić information content (AvgIpc) is 2.80. The van der Waals surface area contributed by atoms with Crippen molar-refractivity contribution in [1.82, 2.24) is 0 Å². The van der Waals surface area contributed by atoms with Crippen molar-refractivity contribution in [2.24, 2.45) is 0 Å². The lowest BCUT2D eigenvalue weighted by Gasteiger charge is -2.07. The molecule has 0 saturated carbocycles. The lowest BCUT2D eigenvalue weighted by molar-refractivity contribution is 0.103. The number of para-hydroxylation sites is 1. The zero-order valence-corrected chi connectivity index (χ0v) is 15.9. The molecule has 4 aromatic carbocycles. The Morgan fingerprint density at radius 1 is 0.533 bits per heavy atom. The third-order valence-electron chi connectivity index (χ3n) is 4.59. The Bertz CT molecular complexity index is 1180. The summed E-state index contributed by atoms with van der Waals surface area (Å²) in [5, 5.41) is 0. The van der Waals surface area contributed by atoms with Gasteiger partial charge in [0.1, 0.15) is 17.3 Å². The summed E-state index contributed by atoms with van der Waals surface area (Å²) in [7, 11) is 0. The molecule has 0 unspecified atom stereocenters. The molecule has 0 fully saturated rings. The van der Waals surface area contributed by atoms with Gasteiger partial charge in [-0.15, -0.1) is 0 Å². The van der Waals surface area contributed by atoms with Gasteiger partial charge in [-0.05, 0) is 66.7 Å². The zero-order valence-electron chi connectivity index (χ0n) is 15.9. The van der Waals surface area contributed by atoms with Crippen LogP contribution >= 0.6 is 0 Å². The van der Waals surface area contributed by atoms with E-state index < -0.39 is 5.82 Å². The monoisotopic (exact) mass is 396 g/mol. The van der Waals surface area contributed by atoms with Crippen LogP contribution < -0.4 is 4.74 Å². The number of rotatable bonds is 6. The van der Waals surface area contributed by atoms with Gasteiger partial charge in [0, 0.05) is 22.3 Å². The smallest absolute Gasteiger partial charge is 0.193 e. The van der Waals surface area contributed by atoms with Crippen molar-refractivity contribution in [1.29, 1.82) is 0 Å². The van der Waals surface area contributed by atoms with E-state index in [9.17, 15) is 14.0 Å². The van der Waals surface area contributed by atoms with Gasteiger partial charge in [-0.2, -0.15) is 0 Å². The van der Waals surface area contributed by atoms with E-state index in [2.05, 4.69) is 0 Å². The quantitative estimate of drug-likeness (QED) is 0.371. The third-order valence-corrected chi connectivity index (χ3v) is 4.59. The number of carbonyl (C=O) groups is 2. The molecule has 0 bridgehead atoms. The molecule has 0 spiro atoms. The van der Waals surface area contributed by atoms with Crippen LogP contribution in [-0.2, 0) is 0 Å². The number of benzene rings is 4. The van der Waals surface area contributed by atoms with Gasteiger partial charge in [-0.3, -0.25) is 9.59 Å². The molecule has 0 aliphatic rings. The molecule has 0 heterocycles. The van der Waals surface area contributed by atoms with E-state index in [1.54, 1.807) is 48.5 Å². The predicted octanol–water partition coefficient (Wildman–Crippen LogP) is 6.08. The molecule has 0 radical (unpaired) electrons. The number of ether oxygens (including phenoxy) is 1. The molecule has 146 valence electrons. The number of hydrogen-bond acceptors (Lipinski definition) is 3. The second kappa shape index (κ2) is 8.53. The first-order chi connectivity index (χ1) is 14.6.